The Morgan fingerprint density at radius 2 is 1.86 bits per heavy atom. The van der Waals surface area contributed by atoms with Crippen LogP contribution in [0.5, 0.6) is 0 Å². The van der Waals surface area contributed by atoms with Crippen molar-refractivity contribution in [2.24, 2.45) is 0 Å². The highest BCUT2D eigenvalue weighted by molar-refractivity contribution is 7.59. The molecule has 7 nitrogen and oxygen atoms in total. The van der Waals surface area contributed by atoms with Crippen molar-refractivity contribution in [1.82, 2.24) is 0 Å². The maximum absolute atomic E-state index is 11.4. The van der Waals surface area contributed by atoms with E-state index in [9.17, 15) is 19.7 Å². The summed E-state index contributed by atoms with van der Waals surface area (Å²) in [7, 11) is -4.31. The summed E-state index contributed by atoms with van der Waals surface area (Å²) in [5.74, 6) is 0. The first-order valence-electron chi connectivity index (χ1n) is 3.95. The average molecular weight is 228 g/mol. The average Bonchev–Trinajstić information content (AvgIpc) is 2.11. The molecule has 0 aromatic carbocycles. The normalized spacial score (nSPS) is 54.6. The zero-order valence-electron chi connectivity index (χ0n) is 7.19. The van der Waals surface area contributed by atoms with Gasteiger partial charge in [0.15, 0.2) is 5.34 Å². The molecule has 1 heterocycles. The van der Waals surface area contributed by atoms with Crippen LogP contribution < -0.4 is 0 Å². The first kappa shape index (κ1) is 12.1. The van der Waals surface area contributed by atoms with Crippen LogP contribution in [0.1, 0.15) is 0 Å². The summed E-state index contributed by atoms with van der Waals surface area (Å²) < 4.78 is 11.4. The van der Waals surface area contributed by atoms with E-state index in [0.717, 1.165) is 0 Å². The fourth-order valence-corrected chi connectivity index (χ4v) is 3.24. The lowest BCUT2D eigenvalue weighted by molar-refractivity contribution is -0.143. The number of rotatable bonds is 1. The second kappa shape index (κ2) is 3.53. The van der Waals surface area contributed by atoms with Crippen LogP contribution in [-0.4, -0.2) is 66.8 Å². The van der Waals surface area contributed by atoms with Gasteiger partial charge in [-0.05, 0) is 0 Å². The van der Waals surface area contributed by atoms with E-state index >= 15 is 0 Å². The van der Waals surface area contributed by atoms with E-state index in [1.807, 2.05) is 0 Å². The summed E-state index contributed by atoms with van der Waals surface area (Å²) in [6, 6.07) is 0. The Hall–Kier alpha value is -0.0100. The van der Waals surface area contributed by atoms with Crippen LogP contribution in [-0.2, 0) is 4.57 Å². The predicted molar refractivity (Wildman–Crippen MR) is 44.7 cm³/mol. The van der Waals surface area contributed by atoms with E-state index in [0.29, 0.717) is 0 Å². The Bertz CT molecular complexity index is 269. The zero-order chi connectivity index (χ0) is 11.1. The Morgan fingerprint density at radius 3 is 2.29 bits per heavy atom. The van der Waals surface area contributed by atoms with Crippen LogP contribution in [0.25, 0.3) is 0 Å². The summed E-state index contributed by atoms with van der Waals surface area (Å²) in [4.78, 5) is 9.27. The van der Waals surface area contributed by atoms with E-state index in [-0.39, 0.29) is 0 Å². The molecular weight excluding hydrogens is 215 g/mol. The fourth-order valence-electron chi connectivity index (χ4n) is 1.41. The Morgan fingerprint density at radius 1 is 1.36 bits per heavy atom. The largest absolute Gasteiger partial charge is 0.393 e. The maximum atomic E-state index is 11.4. The van der Waals surface area contributed by atoms with Crippen LogP contribution in [0.4, 0.5) is 0 Å². The van der Waals surface area contributed by atoms with Crippen LogP contribution in [0.2, 0.25) is 0 Å². The Labute approximate surface area is 79.7 Å². The van der Waals surface area contributed by atoms with Gasteiger partial charge < -0.3 is 30.4 Å². The van der Waals surface area contributed by atoms with Gasteiger partial charge in [-0.15, -0.1) is 0 Å². The third kappa shape index (κ3) is 1.51. The monoisotopic (exact) mass is 228 g/mol. The number of aliphatic hydroxyl groups is 5. The molecule has 6 N–H and O–H groups in total. The zero-order valence-corrected chi connectivity index (χ0v) is 8.08. The molecule has 1 rings (SSSR count). The molecule has 1 fully saturated rings. The molecule has 0 saturated carbocycles. The van der Waals surface area contributed by atoms with Gasteiger partial charge in [-0.25, -0.2) is 0 Å². The van der Waals surface area contributed by atoms with Gasteiger partial charge in [0, 0.05) is 0 Å². The van der Waals surface area contributed by atoms with E-state index in [2.05, 4.69) is 0 Å². The highest BCUT2D eigenvalue weighted by Gasteiger charge is 2.59. The summed E-state index contributed by atoms with van der Waals surface area (Å²) in [5.41, 5.74) is 0. The number of hydrogen-bond donors (Lipinski definition) is 6. The van der Waals surface area contributed by atoms with Crippen molar-refractivity contribution in [3.63, 3.8) is 0 Å². The maximum Gasteiger partial charge on any atom is 0.239 e. The minimum Gasteiger partial charge on any atom is -0.393 e. The van der Waals surface area contributed by atoms with E-state index in [4.69, 9.17) is 15.3 Å². The Balaban J connectivity index is 3.09. The second-order valence-electron chi connectivity index (χ2n) is 3.42. The third-order valence-electron chi connectivity index (χ3n) is 2.46. The van der Waals surface area contributed by atoms with Crippen molar-refractivity contribution >= 4 is 7.37 Å². The van der Waals surface area contributed by atoms with Gasteiger partial charge in [-0.2, -0.15) is 0 Å². The van der Waals surface area contributed by atoms with Crippen molar-refractivity contribution in [1.29, 1.82) is 0 Å². The van der Waals surface area contributed by atoms with E-state index < -0.39 is 43.8 Å². The third-order valence-corrected chi connectivity index (χ3v) is 4.95. The van der Waals surface area contributed by atoms with Gasteiger partial charge in [-0.1, -0.05) is 0 Å². The molecule has 0 aromatic rings. The second-order valence-corrected chi connectivity index (χ2v) is 5.97. The molecule has 1 aliphatic heterocycles. The standard InChI is InChI=1S/C6H13O7P/c7-2-6(11)5(10)4(9)3(8)1-14(6,12)13/h3-5,7-11H,1-2H2,(H,12,13)/t3-,4-,5+,6?/m1/s1. The van der Waals surface area contributed by atoms with Crippen LogP contribution in [0.15, 0.2) is 0 Å². The molecule has 8 heteroatoms. The highest BCUT2D eigenvalue weighted by atomic mass is 31.2. The molecular formula is C6H13O7P. The smallest absolute Gasteiger partial charge is 0.239 e. The van der Waals surface area contributed by atoms with Crippen molar-refractivity contribution in [3.8, 4) is 0 Å². The lowest BCUT2D eigenvalue weighted by atomic mass is 10.0. The molecule has 5 atom stereocenters. The van der Waals surface area contributed by atoms with Crippen molar-refractivity contribution < 1.29 is 35.0 Å². The molecule has 14 heavy (non-hydrogen) atoms. The van der Waals surface area contributed by atoms with Gasteiger partial charge in [0.1, 0.15) is 12.2 Å². The summed E-state index contributed by atoms with van der Waals surface area (Å²) in [6.45, 7) is -1.16. The lowest BCUT2D eigenvalue weighted by Gasteiger charge is -2.43. The summed E-state index contributed by atoms with van der Waals surface area (Å²) in [5, 5.41) is 43.0. The van der Waals surface area contributed by atoms with Gasteiger partial charge in [-0.3, -0.25) is 4.57 Å². The van der Waals surface area contributed by atoms with E-state index in [1.165, 1.54) is 0 Å². The number of hydrogen-bond acceptors (Lipinski definition) is 6. The van der Waals surface area contributed by atoms with Crippen molar-refractivity contribution in [3.05, 3.63) is 0 Å². The first-order valence-corrected chi connectivity index (χ1v) is 5.80. The first-order chi connectivity index (χ1) is 6.26. The molecule has 2 unspecified atom stereocenters. The minimum atomic E-state index is -4.31. The van der Waals surface area contributed by atoms with Gasteiger partial charge in [0.25, 0.3) is 0 Å². The lowest BCUT2D eigenvalue weighted by Crippen LogP contribution is -2.60. The molecule has 1 aliphatic rings. The number of aliphatic hydroxyl groups excluding tert-OH is 4. The molecule has 0 spiro atoms. The SMILES string of the molecule is O=P1(O)C[C@@H](O)[C@@H](O)[C@H](O)C1(O)CO. The molecule has 0 radical (unpaired) electrons. The van der Waals surface area contributed by atoms with Gasteiger partial charge in [0.05, 0.1) is 18.9 Å². The molecule has 0 aliphatic carbocycles. The summed E-state index contributed by atoms with van der Waals surface area (Å²) >= 11 is 0. The molecule has 0 aromatic heterocycles. The minimum absolute atomic E-state index is 0.762. The van der Waals surface area contributed by atoms with Crippen LogP contribution in [0, 0.1) is 0 Å². The summed E-state index contributed by atoms with van der Waals surface area (Å²) in [6.07, 6.45) is -6.15. The molecule has 0 bridgehead atoms. The van der Waals surface area contributed by atoms with Crippen molar-refractivity contribution in [2.45, 2.75) is 23.7 Å². The van der Waals surface area contributed by atoms with Crippen LogP contribution in [0.3, 0.4) is 0 Å². The molecule has 1 saturated heterocycles. The molecule has 84 valence electrons. The van der Waals surface area contributed by atoms with E-state index in [1.54, 1.807) is 0 Å². The van der Waals surface area contributed by atoms with Crippen molar-refractivity contribution in [2.75, 3.05) is 12.8 Å². The van der Waals surface area contributed by atoms with Gasteiger partial charge >= 0.3 is 0 Å². The quantitative estimate of drug-likeness (QED) is 0.263. The molecule has 0 amide bonds. The topological polar surface area (TPSA) is 138 Å². The highest BCUT2D eigenvalue weighted by Crippen LogP contribution is 2.58. The predicted octanol–water partition coefficient (Wildman–Crippen LogP) is -2.97. The Kier molecular flexibility index (Phi) is 3.04. The fraction of sp³-hybridized carbons (Fsp3) is 1.00. The van der Waals surface area contributed by atoms with Crippen LogP contribution >= 0.6 is 7.37 Å². The van der Waals surface area contributed by atoms with Gasteiger partial charge in [0.2, 0.25) is 7.37 Å².